The summed E-state index contributed by atoms with van der Waals surface area (Å²) in [5, 5.41) is 4.09. The number of hydrogen-bond donors (Lipinski definition) is 1. The van der Waals surface area contributed by atoms with Crippen molar-refractivity contribution in [3.8, 4) is 0 Å². The summed E-state index contributed by atoms with van der Waals surface area (Å²) in [5.74, 6) is 3.29. The smallest absolute Gasteiger partial charge is 0.143 e. The van der Waals surface area contributed by atoms with Crippen LogP contribution in [0.1, 0.15) is 64.9 Å². The second kappa shape index (κ2) is 9.07. The zero-order chi connectivity index (χ0) is 15.1. The summed E-state index contributed by atoms with van der Waals surface area (Å²) >= 11 is 4.30. The molecule has 0 aliphatic rings. The van der Waals surface area contributed by atoms with Gasteiger partial charge in [-0.25, -0.2) is 9.97 Å². The van der Waals surface area contributed by atoms with Gasteiger partial charge in [0.05, 0.1) is 15.0 Å². The molecule has 0 bridgehead atoms. The van der Waals surface area contributed by atoms with Gasteiger partial charge in [0, 0.05) is 11.8 Å². The van der Waals surface area contributed by atoms with Crippen LogP contribution in [0, 0.1) is 3.57 Å². The normalized spacial score (nSPS) is 12.8. The lowest BCUT2D eigenvalue weighted by atomic mass is 10.1. The van der Waals surface area contributed by atoms with Crippen LogP contribution in [0.15, 0.2) is 0 Å². The van der Waals surface area contributed by atoms with Crippen molar-refractivity contribution in [3.63, 3.8) is 0 Å². The van der Waals surface area contributed by atoms with Crippen LogP contribution in [0.3, 0.4) is 0 Å². The molecule has 0 aliphatic carbocycles. The van der Waals surface area contributed by atoms with Gasteiger partial charge in [-0.05, 0) is 41.4 Å². The molecule has 114 valence electrons. The quantitative estimate of drug-likeness (QED) is 0.612. The number of nitrogens with zero attached hydrogens (tertiary/aromatic N) is 2. The van der Waals surface area contributed by atoms with Crippen molar-refractivity contribution in [2.45, 2.75) is 64.4 Å². The molecule has 1 atom stereocenters. The Hall–Kier alpha value is -0.0400. The van der Waals surface area contributed by atoms with Crippen LogP contribution in [0.4, 0.5) is 5.82 Å². The fraction of sp³-hybridized carbons (Fsp3) is 0.733. The summed E-state index contributed by atoms with van der Waals surface area (Å²) in [6.45, 7) is 12.0. The fourth-order valence-electron chi connectivity index (χ4n) is 1.65. The summed E-state index contributed by atoms with van der Waals surface area (Å²) < 4.78 is 1.17. The molecule has 1 rings (SSSR count). The van der Waals surface area contributed by atoms with E-state index in [9.17, 15) is 0 Å². The lowest BCUT2D eigenvalue weighted by molar-refractivity contribution is 0.788. The molecule has 0 saturated carbocycles. The molecule has 0 aromatic carbocycles. The van der Waals surface area contributed by atoms with E-state index in [1.54, 1.807) is 0 Å². The molecule has 0 radical (unpaired) electrons. The number of aromatic nitrogens is 2. The Balaban J connectivity index is 2.96. The zero-order valence-corrected chi connectivity index (χ0v) is 16.1. The zero-order valence-electron chi connectivity index (χ0n) is 13.2. The molecule has 0 amide bonds. The SMILES string of the molecule is CCCNc1nc(CSC(C)CC)nc(C(C)C)c1I. The van der Waals surface area contributed by atoms with Crippen molar-refractivity contribution in [2.75, 3.05) is 11.9 Å². The molecule has 0 aliphatic heterocycles. The molecular weight excluding hydrogens is 381 g/mol. The van der Waals surface area contributed by atoms with Gasteiger partial charge in [0.1, 0.15) is 11.6 Å². The highest BCUT2D eigenvalue weighted by Gasteiger charge is 2.15. The summed E-state index contributed by atoms with van der Waals surface area (Å²) in [6, 6.07) is 0. The molecule has 0 saturated heterocycles. The Bertz CT molecular complexity index is 424. The number of rotatable bonds is 8. The van der Waals surface area contributed by atoms with Crippen LogP contribution < -0.4 is 5.32 Å². The number of halogens is 1. The first-order valence-electron chi connectivity index (χ1n) is 7.41. The minimum Gasteiger partial charge on any atom is -0.369 e. The van der Waals surface area contributed by atoms with Crippen LogP contribution in [-0.4, -0.2) is 21.8 Å². The van der Waals surface area contributed by atoms with Gasteiger partial charge < -0.3 is 5.32 Å². The monoisotopic (exact) mass is 407 g/mol. The molecule has 1 aromatic rings. The number of hydrogen-bond acceptors (Lipinski definition) is 4. The fourth-order valence-corrected chi connectivity index (χ4v) is 3.51. The van der Waals surface area contributed by atoms with Crippen molar-refractivity contribution in [3.05, 3.63) is 15.1 Å². The van der Waals surface area contributed by atoms with Gasteiger partial charge in [-0.2, -0.15) is 11.8 Å². The predicted molar refractivity (Wildman–Crippen MR) is 98.7 cm³/mol. The standard InChI is InChI=1S/C15H26IN3S/c1-6-8-17-15-13(16)14(10(3)4)18-12(19-15)9-20-11(5)7-2/h10-11H,6-9H2,1-5H3,(H,17,18,19). The van der Waals surface area contributed by atoms with Crippen LogP contribution >= 0.6 is 34.4 Å². The molecular formula is C15H26IN3S. The number of thioether (sulfide) groups is 1. The van der Waals surface area contributed by atoms with Gasteiger partial charge in [-0.15, -0.1) is 0 Å². The first-order valence-corrected chi connectivity index (χ1v) is 9.54. The first-order chi connectivity index (χ1) is 9.49. The van der Waals surface area contributed by atoms with Gasteiger partial charge in [0.25, 0.3) is 0 Å². The topological polar surface area (TPSA) is 37.8 Å². The Morgan fingerprint density at radius 2 is 1.90 bits per heavy atom. The Morgan fingerprint density at radius 1 is 1.20 bits per heavy atom. The van der Waals surface area contributed by atoms with Crippen molar-refractivity contribution in [2.24, 2.45) is 0 Å². The van der Waals surface area contributed by atoms with Crippen molar-refractivity contribution >= 4 is 40.2 Å². The van der Waals surface area contributed by atoms with E-state index >= 15 is 0 Å². The van der Waals surface area contributed by atoms with E-state index in [-0.39, 0.29) is 0 Å². The highest BCUT2D eigenvalue weighted by Crippen LogP contribution is 2.27. The van der Waals surface area contributed by atoms with Crippen LogP contribution in [0.5, 0.6) is 0 Å². The van der Waals surface area contributed by atoms with Gasteiger partial charge in [-0.1, -0.05) is 34.6 Å². The van der Waals surface area contributed by atoms with E-state index in [1.807, 2.05) is 11.8 Å². The summed E-state index contributed by atoms with van der Waals surface area (Å²) in [6.07, 6.45) is 2.29. The van der Waals surface area contributed by atoms with Crippen LogP contribution in [-0.2, 0) is 5.75 Å². The van der Waals surface area contributed by atoms with Crippen LogP contribution in [0.2, 0.25) is 0 Å². The van der Waals surface area contributed by atoms with E-state index in [0.29, 0.717) is 11.2 Å². The second-order valence-corrected chi connectivity index (χ2v) is 7.80. The van der Waals surface area contributed by atoms with Crippen molar-refractivity contribution < 1.29 is 0 Å². The first kappa shape index (κ1) is 18.0. The molecule has 0 fully saturated rings. The van der Waals surface area contributed by atoms with Gasteiger partial charge in [-0.3, -0.25) is 0 Å². The molecule has 1 N–H and O–H groups in total. The number of anilines is 1. The molecule has 5 heteroatoms. The Morgan fingerprint density at radius 3 is 2.45 bits per heavy atom. The third-order valence-corrected chi connectivity index (χ3v) is 5.48. The molecule has 0 spiro atoms. The average Bonchev–Trinajstić information content (AvgIpc) is 2.43. The lowest BCUT2D eigenvalue weighted by Crippen LogP contribution is -2.11. The van der Waals surface area contributed by atoms with E-state index in [4.69, 9.17) is 9.97 Å². The Labute approximate surface area is 141 Å². The molecule has 3 nitrogen and oxygen atoms in total. The molecule has 1 heterocycles. The highest BCUT2D eigenvalue weighted by atomic mass is 127. The predicted octanol–water partition coefficient (Wildman–Crippen LogP) is 5.06. The van der Waals surface area contributed by atoms with E-state index in [0.717, 1.165) is 30.4 Å². The average molecular weight is 407 g/mol. The van der Waals surface area contributed by atoms with Crippen LogP contribution in [0.25, 0.3) is 0 Å². The minimum atomic E-state index is 0.430. The van der Waals surface area contributed by atoms with E-state index in [2.05, 4.69) is 62.5 Å². The van der Waals surface area contributed by atoms with Crippen molar-refractivity contribution in [1.82, 2.24) is 9.97 Å². The lowest BCUT2D eigenvalue weighted by Gasteiger charge is -2.15. The number of nitrogens with one attached hydrogen (secondary N) is 1. The summed E-state index contributed by atoms with van der Waals surface area (Å²) in [7, 11) is 0. The van der Waals surface area contributed by atoms with Gasteiger partial charge in [0.2, 0.25) is 0 Å². The maximum absolute atomic E-state index is 4.77. The van der Waals surface area contributed by atoms with E-state index < -0.39 is 0 Å². The summed E-state index contributed by atoms with van der Waals surface area (Å²) in [4.78, 5) is 9.48. The molecule has 1 aromatic heterocycles. The third-order valence-electron chi connectivity index (χ3n) is 3.08. The minimum absolute atomic E-state index is 0.430. The molecule has 20 heavy (non-hydrogen) atoms. The summed E-state index contributed by atoms with van der Waals surface area (Å²) in [5.41, 5.74) is 1.17. The Kier molecular flexibility index (Phi) is 8.17. The molecule has 1 unspecified atom stereocenters. The highest BCUT2D eigenvalue weighted by molar-refractivity contribution is 14.1. The second-order valence-electron chi connectivity index (χ2n) is 5.30. The van der Waals surface area contributed by atoms with E-state index in [1.165, 1.54) is 15.7 Å². The van der Waals surface area contributed by atoms with Gasteiger partial charge >= 0.3 is 0 Å². The third kappa shape index (κ3) is 5.39. The van der Waals surface area contributed by atoms with Gasteiger partial charge in [0.15, 0.2) is 0 Å². The van der Waals surface area contributed by atoms with Crippen molar-refractivity contribution in [1.29, 1.82) is 0 Å². The maximum atomic E-state index is 4.77. The largest absolute Gasteiger partial charge is 0.369 e. The maximum Gasteiger partial charge on any atom is 0.143 e.